The molecule has 0 heterocycles. The summed E-state index contributed by atoms with van der Waals surface area (Å²) in [4.78, 5) is 5.63. The van der Waals surface area contributed by atoms with E-state index in [2.05, 4.69) is 15.6 Å². The van der Waals surface area contributed by atoms with Gasteiger partial charge in [-0.2, -0.15) is 0 Å². The number of alkyl halides is 2. The average Bonchev–Trinajstić information content (AvgIpc) is 2.84. The highest BCUT2D eigenvalue weighted by molar-refractivity contribution is 5.77. The number of halogens is 2. The number of rotatable bonds is 7. The predicted molar refractivity (Wildman–Crippen MR) is 78.2 cm³/mol. The van der Waals surface area contributed by atoms with E-state index in [0.29, 0.717) is 12.5 Å². The summed E-state index contributed by atoms with van der Waals surface area (Å²) in [6, 6.07) is 0.412. The van der Waals surface area contributed by atoms with Crippen LogP contribution < -0.4 is 16.4 Å². The van der Waals surface area contributed by atoms with Gasteiger partial charge in [0, 0.05) is 32.1 Å². The van der Waals surface area contributed by atoms with Crippen molar-refractivity contribution >= 4 is 5.96 Å². The molecule has 0 aromatic carbocycles. The molecule has 0 spiro atoms. The van der Waals surface area contributed by atoms with Gasteiger partial charge < -0.3 is 16.4 Å². The summed E-state index contributed by atoms with van der Waals surface area (Å²) in [5, 5.41) is 5.88. The second kappa shape index (κ2) is 7.73. The Hall–Kier alpha value is -0.950. The third kappa shape index (κ3) is 5.58. The molecular weight excluding hydrogens is 264 g/mol. The van der Waals surface area contributed by atoms with Gasteiger partial charge in [-0.05, 0) is 33.4 Å². The lowest BCUT2D eigenvalue weighted by atomic mass is 10.1. The average molecular weight is 291 g/mol. The molecule has 118 valence electrons. The molecule has 0 amide bonds. The van der Waals surface area contributed by atoms with Crippen LogP contribution >= 0.6 is 0 Å². The van der Waals surface area contributed by atoms with Gasteiger partial charge in [-0.1, -0.05) is 0 Å². The first kappa shape index (κ1) is 17.1. The molecule has 0 saturated heterocycles. The Balaban J connectivity index is 2.39. The quantitative estimate of drug-likeness (QED) is 0.475. The van der Waals surface area contributed by atoms with Gasteiger partial charge in [-0.3, -0.25) is 9.89 Å². The lowest BCUT2D eigenvalue weighted by Crippen LogP contribution is -2.43. The molecule has 1 saturated carbocycles. The summed E-state index contributed by atoms with van der Waals surface area (Å²) in [7, 11) is 5.09. The van der Waals surface area contributed by atoms with Crippen molar-refractivity contribution in [2.45, 2.75) is 43.7 Å². The normalized spacial score (nSPS) is 24.4. The van der Waals surface area contributed by atoms with E-state index in [1.54, 1.807) is 26.0 Å². The van der Waals surface area contributed by atoms with Gasteiger partial charge >= 0.3 is 0 Å². The molecule has 0 bridgehead atoms. The minimum absolute atomic E-state index is 0.127. The topological polar surface area (TPSA) is 65.7 Å². The summed E-state index contributed by atoms with van der Waals surface area (Å²) < 4.78 is 27.5. The van der Waals surface area contributed by atoms with Crippen LogP contribution in [0, 0.1) is 0 Å². The Bertz CT molecular complexity index is 322. The molecular formula is C13H27F2N5. The SMILES string of the molecule is CN=C(N)N[C@H]1CCC(N(C)CC(F)(F)CCNC)C1. The highest BCUT2D eigenvalue weighted by Gasteiger charge is 2.35. The van der Waals surface area contributed by atoms with Crippen molar-refractivity contribution in [1.29, 1.82) is 0 Å². The van der Waals surface area contributed by atoms with Crippen molar-refractivity contribution in [3.05, 3.63) is 0 Å². The van der Waals surface area contributed by atoms with E-state index >= 15 is 0 Å². The van der Waals surface area contributed by atoms with Gasteiger partial charge in [-0.25, -0.2) is 8.78 Å². The van der Waals surface area contributed by atoms with E-state index in [4.69, 9.17) is 5.73 Å². The molecule has 0 radical (unpaired) electrons. The molecule has 7 heteroatoms. The first-order valence-electron chi connectivity index (χ1n) is 7.09. The Morgan fingerprint density at radius 3 is 2.75 bits per heavy atom. The summed E-state index contributed by atoms with van der Waals surface area (Å²) >= 11 is 0. The molecule has 1 fully saturated rings. The van der Waals surface area contributed by atoms with Crippen molar-refractivity contribution < 1.29 is 8.78 Å². The van der Waals surface area contributed by atoms with Crippen LogP contribution in [0.15, 0.2) is 4.99 Å². The number of nitrogens with one attached hydrogen (secondary N) is 2. The maximum Gasteiger partial charge on any atom is 0.261 e. The number of nitrogens with two attached hydrogens (primary N) is 1. The molecule has 1 aliphatic carbocycles. The second-order valence-electron chi connectivity index (χ2n) is 5.54. The highest BCUT2D eigenvalue weighted by Crippen LogP contribution is 2.27. The van der Waals surface area contributed by atoms with Crippen molar-refractivity contribution in [2.75, 3.05) is 34.2 Å². The fourth-order valence-electron chi connectivity index (χ4n) is 2.64. The van der Waals surface area contributed by atoms with E-state index in [-0.39, 0.29) is 25.0 Å². The van der Waals surface area contributed by atoms with Crippen LogP contribution in [0.25, 0.3) is 0 Å². The van der Waals surface area contributed by atoms with Crippen LogP contribution in [0.5, 0.6) is 0 Å². The van der Waals surface area contributed by atoms with E-state index in [0.717, 1.165) is 19.3 Å². The van der Waals surface area contributed by atoms with Crippen molar-refractivity contribution in [2.24, 2.45) is 10.7 Å². The van der Waals surface area contributed by atoms with Gasteiger partial charge in [0.2, 0.25) is 0 Å². The zero-order chi connectivity index (χ0) is 15.2. The molecule has 2 atom stereocenters. The fraction of sp³-hybridized carbons (Fsp3) is 0.923. The molecule has 1 aliphatic rings. The largest absolute Gasteiger partial charge is 0.370 e. The predicted octanol–water partition coefficient (Wildman–Crippen LogP) is 0.618. The van der Waals surface area contributed by atoms with Crippen molar-refractivity contribution in [1.82, 2.24) is 15.5 Å². The number of nitrogens with zero attached hydrogens (tertiary/aromatic N) is 2. The molecule has 1 unspecified atom stereocenters. The maximum absolute atomic E-state index is 13.7. The third-order valence-corrected chi connectivity index (χ3v) is 3.84. The molecule has 0 aliphatic heterocycles. The first-order valence-corrected chi connectivity index (χ1v) is 7.09. The van der Waals surface area contributed by atoms with Crippen molar-refractivity contribution in [3.63, 3.8) is 0 Å². The molecule has 4 N–H and O–H groups in total. The first-order chi connectivity index (χ1) is 9.38. The fourth-order valence-corrected chi connectivity index (χ4v) is 2.64. The molecule has 0 aromatic rings. The standard InChI is InChI=1S/C13H27F2N5/c1-17-7-6-13(14,15)9-20(3)11-5-4-10(8-11)19-12(16)18-2/h10-11,17H,4-9H2,1-3H3,(H3,16,18,19)/t10-,11?/m0/s1. The monoisotopic (exact) mass is 291 g/mol. The van der Waals surface area contributed by atoms with Gasteiger partial charge in [0.15, 0.2) is 5.96 Å². The second-order valence-corrected chi connectivity index (χ2v) is 5.54. The van der Waals surface area contributed by atoms with Crippen LogP contribution in [-0.4, -0.2) is 63.1 Å². The summed E-state index contributed by atoms with van der Waals surface area (Å²) in [5.41, 5.74) is 5.63. The van der Waals surface area contributed by atoms with E-state index in [1.807, 2.05) is 0 Å². The smallest absolute Gasteiger partial charge is 0.261 e. The minimum atomic E-state index is -2.65. The molecule has 1 rings (SSSR count). The number of hydrogen-bond acceptors (Lipinski definition) is 3. The summed E-state index contributed by atoms with van der Waals surface area (Å²) in [5.74, 6) is -2.23. The Morgan fingerprint density at radius 2 is 2.15 bits per heavy atom. The zero-order valence-corrected chi connectivity index (χ0v) is 12.6. The minimum Gasteiger partial charge on any atom is -0.370 e. The number of hydrogen-bond donors (Lipinski definition) is 3. The zero-order valence-electron chi connectivity index (χ0n) is 12.6. The van der Waals surface area contributed by atoms with Gasteiger partial charge in [0.1, 0.15) is 0 Å². The summed E-state index contributed by atoms with van der Waals surface area (Å²) in [6.07, 6.45) is 2.55. The maximum atomic E-state index is 13.7. The van der Waals surface area contributed by atoms with E-state index < -0.39 is 5.92 Å². The summed E-state index contributed by atoms with van der Waals surface area (Å²) in [6.45, 7) is 0.141. The van der Waals surface area contributed by atoms with Gasteiger partial charge in [-0.15, -0.1) is 0 Å². The Labute approximate surface area is 120 Å². The Kier molecular flexibility index (Phi) is 6.61. The van der Waals surface area contributed by atoms with E-state index in [1.165, 1.54) is 0 Å². The van der Waals surface area contributed by atoms with Crippen LogP contribution in [-0.2, 0) is 0 Å². The van der Waals surface area contributed by atoms with Crippen LogP contribution in [0.3, 0.4) is 0 Å². The number of guanidine groups is 1. The molecule has 0 aromatic heterocycles. The Morgan fingerprint density at radius 1 is 1.45 bits per heavy atom. The lowest BCUT2D eigenvalue weighted by Gasteiger charge is -2.29. The van der Waals surface area contributed by atoms with Crippen molar-refractivity contribution in [3.8, 4) is 0 Å². The molecule has 5 nitrogen and oxygen atoms in total. The van der Waals surface area contributed by atoms with Gasteiger partial charge in [0.25, 0.3) is 5.92 Å². The highest BCUT2D eigenvalue weighted by atomic mass is 19.3. The van der Waals surface area contributed by atoms with Crippen LogP contribution in [0.2, 0.25) is 0 Å². The van der Waals surface area contributed by atoms with E-state index in [9.17, 15) is 8.78 Å². The number of aliphatic imine (C=N–C) groups is 1. The lowest BCUT2D eigenvalue weighted by molar-refractivity contribution is -0.0409. The third-order valence-electron chi connectivity index (χ3n) is 3.84. The van der Waals surface area contributed by atoms with Crippen LogP contribution in [0.1, 0.15) is 25.7 Å². The molecule has 20 heavy (non-hydrogen) atoms. The van der Waals surface area contributed by atoms with Gasteiger partial charge in [0.05, 0.1) is 6.54 Å². The van der Waals surface area contributed by atoms with Crippen LogP contribution in [0.4, 0.5) is 8.78 Å².